The molecule has 0 aromatic heterocycles. The van der Waals surface area contributed by atoms with E-state index in [1.807, 2.05) is 6.07 Å². The molecule has 0 saturated heterocycles. The third-order valence-electron chi connectivity index (χ3n) is 3.94. The van der Waals surface area contributed by atoms with Crippen LogP contribution in [0, 0.1) is 5.92 Å². The molecule has 0 spiro atoms. The largest absolute Gasteiger partial charge is 0.490 e. The van der Waals surface area contributed by atoms with Gasteiger partial charge in [0.15, 0.2) is 11.5 Å². The Labute approximate surface area is 125 Å². The fourth-order valence-electron chi connectivity index (χ4n) is 2.69. The van der Waals surface area contributed by atoms with Crippen molar-refractivity contribution in [3.63, 3.8) is 0 Å². The van der Waals surface area contributed by atoms with E-state index in [0.717, 1.165) is 38.0 Å². The smallest absolute Gasteiger partial charge is 0.251 e. The summed E-state index contributed by atoms with van der Waals surface area (Å²) in [5.41, 5.74) is 0.630. The summed E-state index contributed by atoms with van der Waals surface area (Å²) in [5.74, 6) is 1.90. The number of hydrogen-bond donors (Lipinski definition) is 1. The van der Waals surface area contributed by atoms with E-state index in [1.54, 1.807) is 12.1 Å². The first-order chi connectivity index (χ1) is 10.3. The molecule has 3 rings (SSSR count). The van der Waals surface area contributed by atoms with Gasteiger partial charge in [-0.15, -0.1) is 0 Å². The summed E-state index contributed by atoms with van der Waals surface area (Å²) in [6, 6.07) is 5.39. The molecule has 21 heavy (non-hydrogen) atoms. The van der Waals surface area contributed by atoms with Gasteiger partial charge in [0.25, 0.3) is 5.91 Å². The van der Waals surface area contributed by atoms with E-state index < -0.39 is 0 Å². The Bertz CT molecular complexity index is 539. The van der Waals surface area contributed by atoms with Crippen molar-refractivity contribution in [2.45, 2.75) is 25.7 Å². The minimum Gasteiger partial charge on any atom is -0.490 e. The van der Waals surface area contributed by atoms with Crippen molar-refractivity contribution in [2.75, 3.05) is 19.8 Å². The number of nitrogens with one attached hydrogen (secondary N) is 1. The zero-order chi connectivity index (χ0) is 14.5. The number of allylic oxidation sites excluding steroid dienone is 2. The van der Waals surface area contributed by atoms with Crippen molar-refractivity contribution in [3.8, 4) is 11.5 Å². The fourth-order valence-corrected chi connectivity index (χ4v) is 2.69. The van der Waals surface area contributed by atoms with Crippen molar-refractivity contribution in [1.82, 2.24) is 5.32 Å². The molecule has 1 aromatic rings. The van der Waals surface area contributed by atoms with Crippen LogP contribution < -0.4 is 14.8 Å². The lowest BCUT2D eigenvalue weighted by molar-refractivity contribution is 0.0946. The Kier molecular flexibility index (Phi) is 4.43. The van der Waals surface area contributed by atoms with Gasteiger partial charge >= 0.3 is 0 Å². The van der Waals surface area contributed by atoms with E-state index in [1.165, 1.54) is 0 Å². The molecule has 112 valence electrons. The molecule has 4 nitrogen and oxygen atoms in total. The predicted molar refractivity (Wildman–Crippen MR) is 80.9 cm³/mol. The molecule has 1 atom stereocenters. The Morgan fingerprint density at radius 2 is 2.05 bits per heavy atom. The predicted octanol–water partition coefficient (Wildman–Crippen LogP) is 2.93. The van der Waals surface area contributed by atoms with E-state index in [9.17, 15) is 4.79 Å². The minimum absolute atomic E-state index is 0.0415. The summed E-state index contributed by atoms with van der Waals surface area (Å²) in [6.45, 7) is 2.03. The van der Waals surface area contributed by atoms with Gasteiger partial charge in [0.2, 0.25) is 0 Å². The van der Waals surface area contributed by atoms with Gasteiger partial charge in [-0.2, -0.15) is 0 Å². The van der Waals surface area contributed by atoms with Crippen LogP contribution in [0.25, 0.3) is 0 Å². The van der Waals surface area contributed by atoms with Gasteiger partial charge < -0.3 is 14.8 Å². The first-order valence-corrected chi connectivity index (χ1v) is 7.66. The van der Waals surface area contributed by atoms with E-state index in [-0.39, 0.29) is 5.91 Å². The molecule has 1 amide bonds. The van der Waals surface area contributed by atoms with Crippen LogP contribution in [0.1, 0.15) is 36.0 Å². The number of amides is 1. The maximum atomic E-state index is 12.2. The second-order valence-corrected chi connectivity index (χ2v) is 5.57. The van der Waals surface area contributed by atoms with E-state index >= 15 is 0 Å². The van der Waals surface area contributed by atoms with Crippen LogP contribution in [0.15, 0.2) is 30.4 Å². The lowest BCUT2D eigenvalue weighted by atomic mass is 9.94. The van der Waals surface area contributed by atoms with Crippen molar-refractivity contribution in [3.05, 3.63) is 35.9 Å². The van der Waals surface area contributed by atoms with Crippen molar-refractivity contribution in [2.24, 2.45) is 5.92 Å². The minimum atomic E-state index is -0.0415. The fraction of sp³-hybridized carbons (Fsp3) is 0.471. The number of fused-ring (bicyclic) bond motifs is 1. The molecule has 0 unspecified atom stereocenters. The molecule has 1 heterocycles. The zero-order valence-corrected chi connectivity index (χ0v) is 12.1. The van der Waals surface area contributed by atoms with Gasteiger partial charge in [-0.1, -0.05) is 12.2 Å². The first kappa shape index (κ1) is 14.0. The van der Waals surface area contributed by atoms with Gasteiger partial charge in [-0.25, -0.2) is 0 Å². The second-order valence-electron chi connectivity index (χ2n) is 5.57. The molecule has 1 aromatic carbocycles. The summed E-state index contributed by atoms with van der Waals surface area (Å²) >= 11 is 0. The van der Waals surface area contributed by atoms with Crippen molar-refractivity contribution in [1.29, 1.82) is 0 Å². The lowest BCUT2D eigenvalue weighted by Crippen LogP contribution is -2.29. The highest BCUT2D eigenvalue weighted by molar-refractivity contribution is 5.94. The highest BCUT2D eigenvalue weighted by Gasteiger charge is 2.15. The van der Waals surface area contributed by atoms with Crippen LogP contribution in [0.2, 0.25) is 0 Å². The van der Waals surface area contributed by atoms with Gasteiger partial charge in [-0.05, 0) is 43.4 Å². The summed E-state index contributed by atoms with van der Waals surface area (Å²) in [6.07, 6.45) is 8.60. The van der Waals surface area contributed by atoms with Crippen LogP contribution >= 0.6 is 0 Å². The number of carbonyl (C=O) groups excluding carboxylic acids is 1. The van der Waals surface area contributed by atoms with Crippen LogP contribution in [0.3, 0.4) is 0 Å². The number of benzene rings is 1. The average Bonchev–Trinajstić information content (AvgIpc) is 2.78. The molecular formula is C17H21NO3. The number of ether oxygens (including phenoxy) is 2. The lowest BCUT2D eigenvalue weighted by Gasteiger charge is -2.18. The molecule has 4 heteroatoms. The molecule has 0 bridgehead atoms. The SMILES string of the molecule is O=C(NC[C@@H]1CC=CCC1)c1ccc2c(c1)OCCCO2. The third kappa shape index (κ3) is 3.57. The molecular weight excluding hydrogens is 266 g/mol. The van der Waals surface area contributed by atoms with E-state index in [0.29, 0.717) is 30.4 Å². The highest BCUT2D eigenvalue weighted by atomic mass is 16.5. The van der Waals surface area contributed by atoms with Crippen LogP contribution in [0.4, 0.5) is 0 Å². The molecule has 1 aliphatic heterocycles. The third-order valence-corrected chi connectivity index (χ3v) is 3.94. The Morgan fingerprint density at radius 3 is 2.86 bits per heavy atom. The monoisotopic (exact) mass is 287 g/mol. The van der Waals surface area contributed by atoms with Gasteiger partial charge in [0.05, 0.1) is 13.2 Å². The Hall–Kier alpha value is -1.97. The number of carbonyl (C=O) groups is 1. The maximum absolute atomic E-state index is 12.2. The van der Waals surface area contributed by atoms with Crippen molar-refractivity contribution >= 4 is 5.91 Å². The van der Waals surface area contributed by atoms with Crippen molar-refractivity contribution < 1.29 is 14.3 Å². The number of rotatable bonds is 3. The summed E-state index contributed by atoms with van der Waals surface area (Å²) < 4.78 is 11.2. The summed E-state index contributed by atoms with van der Waals surface area (Å²) in [7, 11) is 0. The standard InChI is InChI=1S/C17H21NO3/c19-17(18-12-13-5-2-1-3-6-13)14-7-8-15-16(11-14)21-10-4-9-20-15/h1-2,7-8,11,13H,3-6,9-10,12H2,(H,18,19)/t13-/m1/s1. The summed E-state index contributed by atoms with van der Waals surface area (Å²) in [4.78, 5) is 12.2. The summed E-state index contributed by atoms with van der Waals surface area (Å²) in [5, 5.41) is 3.02. The zero-order valence-electron chi connectivity index (χ0n) is 12.1. The Balaban J connectivity index is 1.61. The topological polar surface area (TPSA) is 47.6 Å². The first-order valence-electron chi connectivity index (χ1n) is 7.66. The van der Waals surface area contributed by atoms with Crippen LogP contribution in [-0.4, -0.2) is 25.7 Å². The normalized spacial score (nSPS) is 20.7. The molecule has 0 saturated carbocycles. The molecule has 1 N–H and O–H groups in total. The molecule has 2 aliphatic rings. The quantitative estimate of drug-likeness (QED) is 0.870. The molecule has 0 fully saturated rings. The van der Waals surface area contributed by atoms with Crippen LogP contribution in [-0.2, 0) is 0 Å². The average molecular weight is 287 g/mol. The van der Waals surface area contributed by atoms with E-state index in [4.69, 9.17) is 9.47 Å². The maximum Gasteiger partial charge on any atom is 0.251 e. The van der Waals surface area contributed by atoms with Gasteiger partial charge in [0.1, 0.15) is 0 Å². The van der Waals surface area contributed by atoms with Gasteiger partial charge in [-0.3, -0.25) is 4.79 Å². The highest BCUT2D eigenvalue weighted by Crippen LogP contribution is 2.30. The molecule has 1 aliphatic carbocycles. The van der Waals surface area contributed by atoms with Gasteiger partial charge in [0, 0.05) is 18.5 Å². The van der Waals surface area contributed by atoms with E-state index in [2.05, 4.69) is 17.5 Å². The Morgan fingerprint density at radius 1 is 1.19 bits per heavy atom. The van der Waals surface area contributed by atoms with Crippen LogP contribution in [0.5, 0.6) is 11.5 Å². The second kappa shape index (κ2) is 6.66. The molecule has 0 radical (unpaired) electrons. The number of hydrogen-bond acceptors (Lipinski definition) is 3.